The van der Waals surface area contributed by atoms with Crippen LogP contribution in [-0.2, 0) is 4.74 Å². The fourth-order valence-corrected chi connectivity index (χ4v) is 2.26. The highest BCUT2D eigenvalue weighted by Crippen LogP contribution is 2.26. The molecule has 0 aromatic heterocycles. The summed E-state index contributed by atoms with van der Waals surface area (Å²) >= 11 is 0. The smallest absolute Gasteiger partial charge is 0.0480 e. The first-order chi connectivity index (χ1) is 6.84. The molecule has 1 saturated carbocycles. The van der Waals surface area contributed by atoms with Gasteiger partial charge in [-0.15, -0.1) is 0 Å². The Hall–Kier alpha value is -0.0800. The molecule has 2 N–H and O–H groups in total. The van der Waals surface area contributed by atoms with Gasteiger partial charge < -0.3 is 10.5 Å². The molecule has 0 heterocycles. The van der Waals surface area contributed by atoms with Gasteiger partial charge in [0.1, 0.15) is 0 Å². The van der Waals surface area contributed by atoms with Crippen molar-refractivity contribution in [3.05, 3.63) is 0 Å². The zero-order valence-electron chi connectivity index (χ0n) is 9.50. The van der Waals surface area contributed by atoms with E-state index < -0.39 is 0 Å². The summed E-state index contributed by atoms with van der Waals surface area (Å²) in [6.45, 7) is 3.88. The molecule has 1 fully saturated rings. The minimum Gasteiger partial charge on any atom is -0.381 e. The molecule has 1 unspecified atom stereocenters. The maximum absolute atomic E-state index is 6.15. The van der Waals surface area contributed by atoms with Crippen LogP contribution in [0, 0.1) is 5.92 Å². The van der Waals surface area contributed by atoms with E-state index in [9.17, 15) is 0 Å². The molecule has 0 radical (unpaired) electrons. The molecule has 84 valence electrons. The van der Waals surface area contributed by atoms with E-state index >= 15 is 0 Å². The Balaban J connectivity index is 2.04. The third kappa shape index (κ3) is 4.43. The van der Waals surface area contributed by atoms with Crippen LogP contribution < -0.4 is 5.73 Å². The second kappa shape index (κ2) is 7.24. The van der Waals surface area contributed by atoms with Crippen molar-refractivity contribution in [3.8, 4) is 0 Å². The van der Waals surface area contributed by atoms with E-state index in [4.69, 9.17) is 10.5 Å². The first-order valence-corrected chi connectivity index (χ1v) is 6.18. The Morgan fingerprint density at radius 2 is 1.93 bits per heavy atom. The summed E-state index contributed by atoms with van der Waals surface area (Å²) in [5.74, 6) is 0.772. The number of nitrogens with two attached hydrogens (primary N) is 1. The zero-order valence-corrected chi connectivity index (χ0v) is 9.50. The van der Waals surface area contributed by atoms with Crippen molar-refractivity contribution in [2.75, 3.05) is 13.2 Å². The first-order valence-electron chi connectivity index (χ1n) is 6.18. The number of hydrogen-bond donors (Lipinski definition) is 1. The summed E-state index contributed by atoms with van der Waals surface area (Å²) in [4.78, 5) is 0. The number of ether oxygens (including phenoxy) is 1. The van der Waals surface area contributed by atoms with Gasteiger partial charge in [0.2, 0.25) is 0 Å². The Labute approximate surface area is 88.2 Å². The SMILES string of the molecule is CCCOCCC(N)C1CCCCC1. The monoisotopic (exact) mass is 199 g/mol. The van der Waals surface area contributed by atoms with Crippen molar-refractivity contribution in [3.63, 3.8) is 0 Å². The molecule has 2 heteroatoms. The number of rotatable bonds is 6. The van der Waals surface area contributed by atoms with Gasteiger partial charge in [-0.1, -0.05) is 26.2 Å². The van der Waals surface area contributed by atoms with Gasteiger partial charge in [0.15, 0.2) is 0 Å². The third-order valence-corrected chi connectivity index (χ3v) is 3.20. The molecule has 0 saturated heterocycles. The topological polar surface area (TPSA) is 35.2 Å². The van der Waals surface area contributed by atoms with Gasteiger partial charge in [-0.25, -0.2) is 0 Å². The maximum atomic E-state index is 6.15. The van der Waals surface area contributed by atoms with Crippen LogP contribution in [0.15, 0.2) is 0 Å². The van der Waals surface area contributed by atoms with Crippen molar-refractivity contribution in [1.82, 2.24) is 0 Å². The van der Waals surface area contributed by atoms with Crippen LogP contribution in [0.1, 0.15) is 51.9 Å². The van der Waals surface area contributed by atoms with Gasteiger partial charge in [-0.3, -0.25) is 0 Å². The van der Waals surface area contributed by atoms with E-state index in [1.54, 1.807) is 0 Å². The van der Waals surface area contributed by atoms with Gasteiger partial charge in [-0.2, -0.15) is 0 Å². The molecule has 1 atom stereocenters. The zero-order chi connectivity index (χ0) is 10.2. The maximum Gasteiger partial charge on any atom is 0.0480 e. The van der Waals surface area contributed by atoms with E-state index in [1.165, 1.54) is 32.1 Å². The molecule has 0 aromatic carbocycles. The lowest BCUT2D eigenvalue weighted by Crippen LogP contribution is -2.32. The lowest BCUT2D eigenvalue weighted by Gasteiger charge is -2.27. The Morgan fingerprint density at radius 1 is 1.21 bits per heavy atom. The standard InChI is InChI=1S/C12H25NO/c1-2-9-14-10-8-12(13)11-6-4-3-5-7-11/h11-12H,2-10,13H2,1H3. The Kier molecular flexibility index (Phi) is 6.20. The van der Waals surface area contributed by atoms with Crippen molar-refractivity contribution in [1.29, 1.82) is 0 Å². The van der Waals surface area contributed by atoms with Crippen molar-refractivity contribution < 1.29 is 4.74 Å². The average Bonchev–Trinajstić information content (AvgIpc) is 2.25. The van der Waals surface area contributed by atoms with Crippen molar-refractivity contribution in [2.24, 2.45) is 11.7 Å². The van der Waals surface area contributed by atoms with Crippen LogP contribution in [-0.4, -0.2) is 19.3 Å². The molecule has 0 aliphatic heterocycles. The molecule has 1 aliphatic carbocycles. The fraction of sp³-hybridized carbons (Fsp3) is 1.00. The highest BCUT2D eigenvalue weighted by Gasteiger charge is 2.19. The second-order valence-electron chi connectivity index (χ2n) is 4.46. The third-order valence-electron chi connectivity index (χ3n) is 3.20. The van der Waals surface area contributed by atoms with E-state index in [-0.39, 0.29) is 0 Å². The highest BCUT2D eigenvalue weighted by molar-refractivity contribution is 4.76. The second-order valence-corrected chi connectivity index (χ2v) is 4.46. The lowest BCUT2D eigenvalue weighted by atomic mass is 9.83. The van der Waals surface area contributed by atoms with E-state index in [2.05, 4.69) is 6.92 Å². The van der Waals surface area contributed by atoms with Gasteiger partial charge in [0.05, 0.1) is 0 Å². The van der Waals surface area contributed by atoms with Crippen LogP contribution in [0.3, 0.4) is 0 Å². The summed E-state index contributed by atoms with van der Waals surface area (Å²) in [5, 5.41) is 0. The van der Waals surface area contributed by atoms with E-state index in [0.29, 0.717) is 6.04 Å². The number of hydrogen-bond acceptors (Lipinski definition) is 2. The normalized spacial score (nSPS) is 21.0. The summed E-state index contributed by atoms with van der Waals surface area (Å²) in [5.41, 5.74) is 6.15. The highest BCUT2D eigenvalue weighted by atomic mass is 16.5. The van der Waals surface area contributed by atoms with Crippen molar-refractivity contribution in [2.45, 2.75) is 57.9 Å². The molecule has 1 rings (SSSR count). The largest absolute Gasteiger partial charge is 0.381 e. The quantitative estimate of drug-likeness (QED) is 0.668. The summed E-state index contributed by atoms with van der Waals surface area (Å²) in [6, 6.07) is 0.382. The van der Waals surface area contributed by atoms with Crippen LogP contribution >= 0.6 is 0 Å². The predicted molar refractivity (Wildman–Crippen MR) is 60.3 cm³/mol. The molecular weight excluding hydrogens is 174 g/mol. The molecule has 1 aliphatic rings. The fourth-order valence-electron chi connectivity index (χ4n) is 2.26. The summed E-state index contributed by atoms with van der Waals surface area (Å²) < 4.78 is 5.46. The minimum absolute atomic E-state index is 0.382. The summed E-state index contributed by atoms with van der Waals surface area (Å²) in [6.07, 6.45) is 9.02. The average molecular weight is 199 g/mol. The lowest BCUT2D eigenvalue weighted by molar-refractivity contribution is 0.119. The van der Waals surface area contributed by atoms with Crippen LogP contribution in [0.4, 0.5) is 0 Å². The molecule has 0 aromatic rings. The minimum atomic E-state index is 0.382. The van der Waals surface area contributed by atoms with Crippen molar-refractivity contribution >= 4 is 0 Å². The molecule has 0 amide bonds. The molecule has 2 nitrogen and oxygen atoms in total. The van der Waals surface area contributed by atoms with Crippen LogP contribution in [0.2, 0.25) is 0 Å². The van der Waals surface area contributed by atoms with Crippen LogP contribution in [0.25, 0.3) is 0 Å². The summed E-state index contributed by atoms with van der Waals surface area (Å²) in [7, 11) is 0. The van der Waals surface area contributed by atoms with Gasteiger partial charge >= 0.3 is 0 Å². The Bertz CT molecular complexity index is 132. The van der Waals surface area contributed by atoms with E-state index in [0.717, 1.165) is 32.0 Å². The first kappa shape index (κ1) is 12.0. The van der Waals surface area contributed by atoms with Gasteiger partial charge in [0, 0.05) is 19.3 Å². The van der Waals surface area contributed by atoms with Gasteiger partial charge in [0.25, 0.3) is 0 Å². The van der Waals surface area contributed by atoms with Crippen LogP contribution in [0.5, 0.6) is 0 Å². The predicted octanol–water partition coefficient (Wildman–Crippen LogP) is 2.71. The molecule has 0 bridgehead atoms. The van der Waals surface area contributed by atoms with E-state index in [1.807, 2.05) is 0 Å². The molecular formula is C12H25NO. The Morgan fingerprint density at radius 3 is 2.57 bits per heavy atom. The molecule has 14 heavy (non-hydrogen) atoms. The van der Waals surface area contributed by atoms with Gasteiger partial charge in [-0.05, 0) is 31.6 Å². The molecule has 0 spiro atoms.